The molecule has 0 aliphatic carbocycles. The van der Waals surface area contributed by atoms with Crippen molar-refractivity contribution in [2.45, 2.75) is 0 Å². The summed E-state index contributed by atoms with van der Waals surface area (Å²) < 4.78 is 9.96. The molecule has 1 aromatic rings. The first-order chi connectivity index (χ1) is 9.15. The van der Waals surface area contributed by atoms with Gasteiger partial charge in [-0.1, -0.05) is 0 Å². The maximum Gasteiger partial charge on any atom is 0.338 e. The van der Waals surface area contributed by atoms with E-state index in [9.17, 15) is 4.79 Å². The van der Waals surface area contributed by atoms with Crippen LogP contribution >= 0.6 is 0 Å². The summed E-state index contributed by atoms with van der Waals surface area (Å²) in [6, 6.07) is 3.22. The normalized spacial score (nSPS) is 14.6. The smallest absolute Gasteiger partial charge is 0.338 e. The van der Waals surface area contributed by atoms with Gasteiger partial charge in [-0.25, -0.2) is 4.79 Å². The minimum Gasteiger partial charge on any atom is -0.494 e. The van der Waals surface area contributed by atoms with Crippen molar-refractivity contribution in [3.8, 4) is 5.75 Å². The highest BCUT2D eigenvalue weighted by Crippen LogP contribution is 2.32. The summed E-state index contributed by atoms with van der Waals surface area (Å²) in [5, 5.41) is 6.49. The Morgan fingerprint density at radius 3 is 2.74 bits per heavy atom. The van der Waals surface area contributed by atoms with E-state index in [1.165, 1.54) is 7.11 Å². The summed E-state index contributed by atoms with van der Waals surface area (Å²) in [5.74, 6) is 0.719. The van der Waals surface area contributed by atoms with E-state index in [4.69, 9.17) is 10.5 Å². The van der Waals surface area contributed by atoms with Crippen molar-refractivity contribution in [1.82, 2.24) is 5.32 Å². The first kappa shape index (κ1) is 13.5. The number of carbonyl (C=O) groups excluding carboxylic acids is 1. The number of methoxy groups -OCH3 is 2. The molecule has 2 rings (SSSR count). The Kier molecular flexibility index (Phi) is 4.11. The Bertz CT molecular complexity index is 472. The zero-order valence-corrected chi connectivity index (χ0v) is 11.2. The largest absolute Gasteiger partial charge is 0.494 e. The molecular weight excluding hydrogens is 246 g/mol. The number of hydrogen-bond donors (Lipinski definition) is 3. The maximum atomic E-state index is 11.5. The van der Waals surface area contributed by atoms with E-state index in [2.05, 4.69) is 15.4 Å². The standard InChI is InChI=1S/C13H19N3O3/c1-18-11-4-9(13(17)19-2)3-10(14)12(11)16-7-8-5-15-6-8/h3-4,8,15-16H,5-7,14H2,1-2H3. The van der Waals surface area contributed by atoms with Gasteiger partial charge in [0.15, 0.2) is 0 Å². The summed E-state index contributed by atoms with van der Waals surface area (Å²) in [6.07, 6.45) is 0. The van der Waals surface area contributed by atoms with Crippen LogP contribution in [0.1, 0.15) is 10.4 Å². The number of nitrogens with two attached hydrogens (primary N) is 1. The second-order valence-electron chi connectivity index (χ2n) is 4.54. The average Bonchev–Trinajstić information content (AvgIpc) is 2.37. The molecule has 6 nitrogen and oxygen atoms in total. The van der Waals surface area contributed by atoms with Crippen molar-refractivity contribution in [2.24, 2.45) is 5.92 Å². The lowest BCUT2D eigenvalue weighted by atomic mass is 10.0. The van der Waals surface area contributed by atoms with Gasteiger partial charge in [0, 0.05) is 25.6 Å². The molecule has 0 saturated carbocycles. The highest BCUT2D eigenvalue weighted by atomic mass is 16.5. The Labute approximate surface area is 112 Å². The van der Waals surface area contributed by atoms with Crippen LogP contribution < -0.4 is 21.1 Å². The molecule has 4 N–H and O–H groups in total. The van der Waals surface area contributed by atoms with Gasteiger partial charge < -0.3 is 25.8 Å². The molecular formula is C13H19N3O3. The van der Waals surface area contributed by atoms with Crippen LogP contribution in [-0.4, -0.2) is 39.8 Å². The van der Waals surface area contributed by atoms with Gasteiger partial charge in [0.25, 0.3) is 0 Å². The third-order valence-corrected chi connectivity index (χ3v) is 3.21. The Hall–Kier alpha value is -1.95. The van der Waals surface area contributed by atoms with Crippen LogP contribution in [0.5, 0.6) is 5.75 Å². The molecule has 1 aromatic carbocycles. The van der Waals surface area contributed by atoms with Gasteiger partial charge >= 0.3 is 5.97 Å². The summed E-state index contributed by atoms with van der Waals surface area (Å²) in [7, 11) is 2.88. The number of nitrogen functional groups attached to an aromatic ring is 1. The number of nitrogens with one attached hydrogen (secondary N) is 2. The van der Waals surface area contributed by atoms with Gasteiger partial charge in [-0.2, -0.15) is 0 Å². The number of hydrogen-bond acceptors (Lipinski definition) is 6. The fourth-order valence-electron chi connectivity index (χ4n) is 1.96. The number of carbonyl (C=O) groups is 1. The van der Waals surface area contributed by atoms with E-state index in [0.717, 1.165) is 25.3 Å². The molecule has 1 aliphatic rings. The highest BCUT2D eigenvalue weighted by Gasteiger charge is 2.19. The van der Waals surface area contributed by atoms with E-state index in [1.807, 2.05) is 0 Å². The second-order valence-corrected chi connectivity index (χ2v) is 4.54. The molecule has 0 bridgehead atoms. The van der Waals surface area contributed by atoms with Crippen LogP contribution in [0, 0.1) is 5.92 Å². The molecule has 19 heavy (non-hydrogen) atoms. The highest BCUT2D eigenvalue weighted by molar-refractivity contribution is 5.93. The molecule has 0 aromatic heterocycles. The van der Waals surface area contributed by atoms with E-state index in [1.54, 1.807) is 19.2 Å². The lowest BCUT2D eigenvalue weighted by Crippen LogP contribution is -2.45. The van der Waals surface area contributed by atoms with Gasteiger partial charge in [-0.05, 0) is 12.1 Å². The molecule has 1 aliphatic heterocycles. The molecule has 1 fully saturated rings. The number of ether oxygens (including phenoxy) is 2. The van der Waals surface area contributed by atoms with Crippen LogP contribution in [0.25, 0.3) is 0 Å². The van der Waals surface area contributed by atoms with E-state index < -0.39 is 5.97 Å². The lowest BCUT2D eigenvalue weighted by molar-refractivity contribution is 0.0600. The van der Waals surface area contributed by atoms with Gasteiger partial charge in [0.2, 0.25) is 0 Å². The minimum absolute atomic E-state index is 0.382. The average molecular weight is 265 g/mol. The number of benzene rings is 1. The maximum absolute atomic E-state index is 11.5. The molecule has 0 unspecified atom stereocenters. The first-order valence-corrected chi connectivity index (χ1v) is 6.16. The summed E-state index contributed by atoms with van der Waals surface area (Å²) in [5.41, 5.74) is 7.56. The van der Waals surface area contributed by atoms with Crippen molar-refractivity contribution < 1.29 is 14.3 Å². The topological polar surface area (TPSA) is 85.6 Å². The third-order valence-electron chi connectivity index (χ3n) is 3.21. The van der Waals surface area contributed by atoms with E-state index in [0.29, 0.717) is 22.9 Å². The van der Waals surface area contributed by atoms with Crippen LogP contribution in [-0.2, 0) is 4.74 Å². The summed E-state index contributed by atoms with van der Waals surface area (Å²) in [6.45, 7) is 2.84. The summed E-state index contributed by atoms with van der Waals surface area (Å²) >= 11 is 0. The van der Waals surface area contributed by atoms with Gasteiger partial charge in [-0.3, -0.25) is 0 Å². The fourth-order valence-corrected chi connectivity index (χ4v) is 1.96. The molecule has 0 atom stereocenters. The molecule has 1 saturated heterocycles. The fraction of sp³-hybridized carbons (Fsp3) is 0.462. The zero-order valence-electron chi connectivity index (χ0n) is 11.2. The quantitative estimate of drug-likeness (QED) is 0.536. The SMILES string of the molecule is COC(=O)c1cc(N)c(NCC2CNC2)c(OC)c1. The number of esters is 1. The molecule has 0 spiro atoms. The van der Waals surface area contributed by atoms with E-state index >= 15 is 0 Å². The second kappa shape index (κ2) is 5.79. The molecule has 6 heteroatoms. The van der Waals surface area contributed by atoms with Crippen molar-refractivity contribution in [3.63, 3.8) is 0 Å². The lowest BCUT2D eigenvalue weighted by Gasteiger charge is -2.28. The third kappa shape index (κ3) is 2.90. The molecule has 1 heterocycles. The van der Waals surface area contributed by atoms with Crippen LogP contribution in [0.15, 0.2) is 12.1 Å². The Morgan fingerprint density at radius 2 is 2.21 bits per heavy atom. The van der Waals surface area contributed by atoms with Crippen molar-refractivity contribution in [3.05, 3.63) is 17.7 Å². The van der Waals surface area contributed by atoms with Crippen LogP contribution in [0.4, 0.5) is 11.4 Å². The Morgan fingerprint density at radius 1 is 1.47 bits per heavy atom. The van der Waals surface area contributed by atoms with Gasteiger partial charge in [-0.15, -0.1) is 0 Å². The van der Waals surface area contributed by atoms with Crippen molar-refractivity contribution in [1.29, 1.82) is 0 Å². The minimum atomic E-state index is -0.431. The van der Waals surface area contributed by atoms with Crippen molar-refractivity contribution >= 4 is 17.3 Å². The molecule has 0 radical (unpaired) electrons. The zero-order chi connectivity index (χ0) is 13.8. The number of rotatable bonds is 5. The number of anilines is 2. The predicted octanol–water partition coefficient (Wildman–Crippen LogP) is 0.695. The monoisotopic (exact) mass is 265 g/mol. The predicted molar refractivity (Wildman–Crippen MR) is 73.6 cm³/mol. The van der Waals surface area contributed by atoms with Crippen molar-refractivity contribution in [2.75, 3.05) is 44.9 Å². The first-order valence-electron chi connectivity index (χ1n) is 6.16. The summed E-state index contributed by atoms with van der Waals surface area (Å²) in [4.78, 5) is 11.5. The molecule has 0 amide bonds. The van der Waals surface area contributed by atoms with Gasteiger partial charge in [0.1, 0.15) is 11.4 Å². The van der Waals surface area contributed by atoms with Gasteiger partial charge in [0.05, 0.1) is 25.5 Å². The van der Waals surface area contributed by atoms with Crippen LogP contribution in [0.3, 0.4) is 0 Å². The van der Waals surface area contributed by atoms with E-state index in [-0.39, 0.29) is 0 Å². The molecule has 104 valence electrons. The Balaban J connectivity index is 2.18. The van der Waals surface area contributed by atoms with Crippen LogP contribution in [0.2, 0.25) is 0 Å².